The van der Waals surface area contributed by atoms with Crippen molar-refractivity contribution < 1.29 is 0 Å². The first kappa shape index (κ1) is 13.1. The molecule has 0 aromatic heterocycles. The molecule has 0 bridgehead atoms. The molecule has 2 aromatic rings. The fourth-order valence-corrected chi connectivity index (χ4v) is 1.81. The number of para-hydroxylation sites is 1. The molecule has 0 amide bonds. The maximum atomic E-state index is 4.21. The van der Waals surface area contributed by atoms with Gasteiger partial charge in [0, 0.05) is 19.3 Å². The van der Waals surface area contributed by atoms with Gasteiger partial charge in [-0.15, -0.1) is 0 Å². The third kappa shape index (κ3) is 4.47. The molecule has 19 heavy (non-hydrogen) atoms. The fraction of sp³-hybridized carbons (Fsp3) is 0.188. The third-order valence-electron chi connectivity index (χ3n) is 2.81. The molecule has 0 saturated heterocycles. The second-order valence-corrected chi connectivity index (χ2v) is 4.23. The molecule has 2 rings (SSSR count). The number of benzene rings is 2. The topological polar surface area (TPSA) is 36.4 Å². The van der Waals surface area contributed by atoms with E-state index < -0.39 is 0 Å². The van der Waals surface area contributed by atoms with Crippen LogP contribution < -0.4 is 10.6 Å². The first-order valence-corrected chi connectivity index (χ1v) is 6.45. The molecule has 98 valence electrons. The summed E-state index contributed by atoms with van der Waals surface area (Å²) >= 11 is 0. The molecule has 0 aliphatic heterocycles. The van der Waals surface area contributed by atoms with Crippen molar-refractivity contribution in [2.24, 2.45) is 4.99 Å². The highest BCUT2D eigenvalue weighted by molar-refractivity contribution is 5.93. The summed E-state index contributed by atoms with van der Waals surface area (Å²) in [5.74, 6) is 0.794. The van der Waals surface area contributed by atoms with E-state index in [0.717, 1.165) is 24.6 Å². The van der Waals surface area contributed by atoms with Crippen molar-refractivity contribution in [1.29, 1.82) is 0 Å². The van der Waals surface area contributed by atoms with E-state index in [-0.39, 0.29) is 0 Å². The molecule has 0 aliphatic rings. The Morgan fingerprint density at radius 2 is 1.58 bits per heavy atom. The zero-order valence-corrected chi connectivity index (χ0v) is 11.1. The maximum Gasteiger partial charge on any atom is 0.195 e. The largest absolute Gasteiger partial charge is 0.356 e. The predicted octanol–water partition coefficient (Wildman–Crippen LogP) is 2.92. The average molecular weight is 253 g/mol. The molecule has 2 aromatic carbocycles. The molecular formula is C16H19N3. The molecule has 0 saturated carbocycles. The molecular weight excluding hydrogens is 234 g/mol. The van der Waals surface area contributed by atoms with Crippen molar-refractivity contribution in [2.45, 2.75) is 6.42 Å². The van der Waals surface area contributed by atoms with Crippen molar-refractivity contribution in [3.05, 3.63) is 66.2 Å². The Morgan fingerprint density at radius 3 is 2.21 bits per heavy atom. The van der Waals surface area contributed by atoms with Crippen LogP contribution in [0.15, 0.2) is 65.7 Å². The molecule has 2 N–H and O–H groups in total. The van der Waals surface area contributed by atoms with Crippen LogP contribution in [-0.2, 0) is 6.42 Å². The highest BCUT2D eigenvalue weighted by Crippen LogP contribution is 2.04. The van der Waals surface area contributed by atoms with Crippen molar-refractivity contribution in [3.8, 4) is 0 Å². The number of hydrogen-bond acceptors (Lipinski definition) is 1. The van der Waals surface area contributed by atoms with Gasteiger partial charge in [-0.1, -0.05) is 48.5 Å². The highest BCUT2D eigenvalue weighted by Gasteiger charge is 1.98. The Balaban J connectivity index is 1.81. The molecule has 0 atom stereocenters. The number of aliphatic imine (C=N–C) groups is 1. The fourth-order valence-electron chi connectivity index (χ4n) is 1.81. The lowest BCUT2D eigenvalue weighted by Crippen LogP contribution is -2.32. The van der Waals surface area contributed by atoms with E-state index in [0.29, 0.717) is 0 Å². The van der Waals surface area contributed by atoms with Crippen LogP contribution in [0.25, 0.3) is 0 Å². The van der Waals surface area contributed by atoms with E-state index in [1.54, 1.807) is 7.05 Å². The van der Waals surface area contributed by atoms with Crippen LogP contribution in [0.3, 0.4) is 0 Å². The Kier molecular flexibility index (Phi) is 4.99. The van der Waals surface area contributed by atoms with Gasteiger partial charge in [0.15, 0.2) is 5.96 Å². The van der Waals surface area contributed by atoms with Gasteiger partial charge < -0.3 is 10.6 Å². The molecule has 0 heterocycles. The monoisotopic (exact) mass is 253 g/mol. The van der Waals surface area contributed by atoms with E-state index >= 15 is 0 Å². The minimum Gasteiger partial charge on any atom is -0.356 e. The minimum atomic E-state index is 0.794. The van der Waals surface area contributed by atoms with E-state index in [1.165, 1.54) is 5.56 Å². The third-order valence-corrected chi connectivity index (χ3v) is 2.81. The van der Waals surface area contributed by atoms with Gasteiger partial charge >= 0.3 is 0 Å². The van der Waals surface area contributed by atoms with Crippen LogP contribution in [-0.4, -0.2) is 19.6 Å². The lowest BCUT2D eigenvalue weighted by atomic mass is 10.1. The number of nitrogens with zero attached hydrogens (tertiary/aromatic N) is 1. The quantitative estimate of drug-likeness (QED) is 0.649. The Morgan fingerprint density at radius 1 is 0.947 bits per heavy atom. The van der Waals surface area contributed by atoms with Gasteiger partial charge in [-0.2, -0.15) is 0 Å². The second kappa shape index (κ2) is 7.21. The summed E-state index contributed by atoms with van der Waals surface area (Å²) in [5, 5.41) is 6.56. The van der Waals surface area contributed by atoms with Crippen molar-refractivity contribution >= 4 is 11.6 Å². The van der Waals surface area contributed by atoms with Crippen LogP contribution in [0.5, 0.6) is 0 Å². The SMILES string of the molecule is CN=C(NCCc1ccccc1)Nc1ccccc1. The van der Waals surface area contributed by atoms with Gasteiger partial charge in [0.2, 0.25) is 0 Å². The Hall–Kier alpha value is -2.29. The van der Waals surface area contributed by atoms with E-state index in [4.69, 9.17) is 0 Å². The molecule has 0 spiro atoms. The van der Waals surface area contributed by atoms with Gasteiger partial charge in [-0.3, -0.25) is 4.99 Å². The average Bonchev–Trinajstić information content (AvgIpc) is 2.48. The van der Waals surface area contributed by atoms with Crippen LogP contribution in [0.4, 0.5) is 5.69 Å². The number of hydrogen-bond donors (Lipinski definition) is 2. The van der Waals surface area contributed by atoms with E-state index in [9.17, 15) is 0 Å². The first-order valence-electron chi connectivity index (χ1n) is 6.45. The van der Waals surface area contributed by atoms with E-state index in [2.05, 4.69) is 39.9 Å². The number of nitrogens with one attached hydrogen (secondary N) is 2. The van der Waals surface area contributed by atoms with Crippen LogP contribution in [0, 0.1) is 0 Å². The summed E-state index contributed by atoms with van der Waals surface area (Å²) in [5.41, 5.74) is 2.36. The van der Waals surface area contributed by atoms with Crippen LogP contribution in [0.2, 0.25) is 0 Å². The molecule has 0 fully saturated rings. The zero-order valence-electron chi connectivity index (χ0n) is 11.1. The van der Waals surface area contributed by atoms with Gasteiger partial charge in [-0.05, 0) is 24.1 Å². The molecule has 0 aliphatic carbocycles. The predicted molar refractivity (Wildman–Crippen MR) is 81.6 cm³/mol. The first-order chi connectivity index (χ1) is 9.38. The van der Waals surface area contributed by atoms with Gasteiger partial charge in [0.05, 0.1) is 0 Å². The molecule has 0 radical (unpaired) electrons. The Labute approximate surface area is 114 Å². The smallest absolute Gasteiger partial charge is 0.195 e. The lowest BCUT2D eigenvalue weighted by Gasteiger charge is -2.11. The van der Waals surface area contributed by atoms with Crippen molar-refractivity contribution in [1.82, 2.24) is 5.32 Å². The zero-order chi connectivity index (χ0) is 13.3. The Bertz CT molecular complexity index is 506. The molecule has 3 heteroatoms. The van der Waals surface area contributed by atoms with Gasteiger partial charge in [0.25, 0.3) is 0 Å². The van der Waals surface area contributed by atoms with Crippen molar-refractivity contribution in [2.75, 3.05) is 18.9 Å². The summed E-state index contributed by atoms with van der Waals surface area (Å²) in [6.45, 7) is 0.858. The van der Waals surface area contributed by atoms with Crippen LogP contribution in [0.1, 0.15) is 5.56 Å². The second-order valence-electron chi connectivity index (χ2n) is 4.23. The van der Waals surface area contributed by atoms with Crippen LogP contribution >= 0.6 is 0 Å². The minimum absolute atomic E-state index is 0.794. The molecule has 0 unspecified atom stereocenters. The normalized spacial score (nSPS) is 11.1. The standard InChI is InChI=1S/C16H19N3/c1-17-16(19-15-10-6-3-7-11-15)18-13-12-14-8-4-2-5-9-14/h2-11H,12-13H2,1H3,(H2,17,18,19). The van der Waals surface area contributed by atoms with E-state index in [1.807, 2.05) is 36.4 Å². The summed E-state index contributed by atoms with van der Waals surface area (Å²) in [6.07, 6.45) is 0.982. The van der Waals surface area contributed by atoms with Gasteiger partial charge in [-0.25, -0.2) is 0 Å². The summed E-state index contributed by atoms with van der Waals surface area (Å²) in [4.78, 5) is 4.21. The summed E-state index contributed by atoms with van der Waals surface area (Å²) < 4.78 is 0. The number of guanidine groups is 1. The maximum absolute atomic E-state index is 4.21. The number of anilines is 1. The molecule has 3 nitrogen and oxygen atoms in total. The number of rotatable bonds is 4. The highest BCUT2D eigenvalue weighted by atomic mass is 15.2. The van der Waals surface area contributed by atoms with Crippen molar-refractivity contribution in [3.63, 3.8) is 0 Å². The lowest BCUT2D eigenvalue weighted by molar-refractivity contribution is 0.861. The summed E-state index contributed by atoms with van der Waals surface area (Å²) in [7, 11) is 1.78. The van der Waals surface area contributed by atoms with Gasteiger partial charge in [0.1, 0.15) is 0 Å². The summed E-state index contributed by atoms with van der Waals surface area (Å²) in [6, 6.07) is 20.5.